The molecule has 0 nitrogen and oxygen atoms in total. The Morgan fingerprint density at radius 2 is 1.50 bits per heavy atom. The van der Waals surface area contributed by atoms with Crippen LogP contribution in [0.2, 0.25) is 0 Å². The monoisotopic (exact) mass is 218 g/mol. The van der Waals surface area contributed by atoms with Crippen LogP contribution in [0.4, 0.5) is 4.39 Å². The first-order chi connectivity index (χ1) is 4.33. The van der Waals surface area contributed by atoms with Crippen molar-refractivity contribution in [3.63, 3.8) is 0 Å². The first kappa shape index (κ1) is 18.3. The summed E-state index contributed by atoms with van der Waals surface area (Å²) in [6.07, 6.45) is 0.972. The molecule has 0 aliphatic rings. The fourth-order valence-corrected chi connectivity index (χ4v) is 0.720. The predicted molar refractivity (Wildman–Crippen MR) is 41.5 cm³/mol. The van der Waals surface area contributed by atoms with Crippen molar-refractivity contribution in [2.75, 3.05) is 0 Å². The van der Waals surface area contributed by atoms with Crippen molar-refractivity contribution in [2.45, 2.75) is 13.3 Å². The maximum Gasteiger partial charge on any atom is 2.00 e. The van der Waals surface area contributed by atoms with Crippen LogP contribution in [-0.2, 0) is 6.42 Å². The second kappa shape index (κ2) is 9.58. The van der Waals surface area contributed by atoms with Crippen molar-refractivity contribution in [1.29, 1.82) is 0 Å². The van der Waals surface area contributed by atoms with Crippen molar-refractivity contribution in [3.8, 4) is 0 Å². The third-order valence-electron chi connectivity index (χ3n) is 1.32. The van der Waals surface area contributed by atoms with Gasteiger partial charge in [-0.15, -0.1) is 0 Å². The third kappa shape index (κ3) is 6.06. The van der Waals surface area contributed by atoms with Crippen LogP contribution in [0, 0.1) is 5.82 Å². The molecule has 0 unspecified atom stereocenters. The zero-order chi connectivity index (χ0) is 6.69. The Kier molecular flexibility index (Phi) is 14.6. The van der Waals surface area contributed by atoms with Gasteiger partial charge in [-0.1, -0.05) is 19.1 Å². The van der Waals surface area contributed by atoms with Gasteiger partial charge < -0.3 is 24.8 Å². The summed E-state index contributed by atoms with van der Waals surface area (Å²) in [5, 5.41) is 0. The molecule has 0 saturated carbocycles. The van der Waals surface area contributed by atoms with Crippen molar-refractivity contribution in [1.82, 2.24) is 0 Å². The molecular weight excluding hydrogens is 210 g/mol. The van der Waals surface area contributed by atoms with Gasteiger partial charge in [0.1, 0.15) is 5.82 Å². The molecule has 0 amide bonds. The van der Waals surface area contributed by atoms with E-state index in [2.05, 4.69) is 0 Å². The standard InChI is InChI=1S/C8H9F.2ClH.Mg/c1-2-7-3-5-8(9)6-4-7;;;/h3-6H,2H2,1H3;2*1H;/q;;;+2/p-2. The van der Waals surface area contributed by atoms with E-state index in [-0.39, 0.29) is 53.7 Å². The Morgan fingerprint density at radius 3 is 1.83 bits per heavy atom. The number of halogens is 3. The Labute approximate surface area is 101 Å². The van der Waals surface area contributed by atoms with E-state index < -0.39 is 0 Å². The van der Waals surface area contributed by atoms with Crippen LogP contribution in [0.5, 0.6) is 0 Å². The minimum Gasteiger partial charge on any atom is -1.00 e. The second-order valence-electron chi connectivity index (χ2n) is 1.98. The summed E-state index contributed by atoms with van der Waals surface area (Å²) in [4.78, 5) is 0. The Balaban J connectivity index is -0.000000270. The first-order valence-electron chi connectivity index (χ1n) is 3.07. The summed E-state index contributed by atoms with van der Waals surface area (Å²) < 4.78 is 12.2. The summed E-state index contributed by atoms with van der Waals surface area (Å²) >= 11 is 0. The molecular formula is C8H9Cl2FMg. The van der Waals surface area contributed by atoms with Gasteiger partial charge in [-0.3, -0.25) is 0 Å². The van der Waals surface area contributed by atoms with Gasteiger partial charge >= 0.3 is 23.1 Å². The minimum absolute atomic E-state index is 0. The summed E-state index contributed by atoms with van der Waals surface area (Å²) in [5.41, 5.74) is 1.18. The zero-order valence-electron chi connectivity index (χ0n) is 6.86. The average molecular weight is 219 g/mol. The van der Waals surface area contributed by atoms with Gasteiger partial charge in [0.2, 0.25) is 0 Å². The van der Waals surface area contributed by atoms with E-state index in [1.165, 1.54) is 17.7 Å². The molecule has 64 valence electrons. The summed E-state index contributed by atoms with van der Waals surface area (Å²) in [7, 11) is 0. The SMILES string of the molecule is CCc1ccc(F)cc1.[Cl-].[Cl-].[Mg+2]. The molecule has 0 saturated heterocycles. The molecule has 0 aliphatic heterocycles. The molecule has 0 heterocycles. The van der Waals surface area contributed by atoms with Crippen molar-refractivity contribution in [3.05, 3.63) is 35.6 Å². The van der Waals surface area contributed by atoms with Crippen LogP contribution in [0.25, 0.3) is 0 Å². The number of rotatable bonds is 1. The summed E-state index contributed by atoms with van der Waals surface area (Å²) in [6.45, 7) is 2.05. The fraction of sp³-hybridized carbons (Fsp3) is 0.250. The van der Waals surface area contributed by atoms with Crippen LogP contribution in [0.1, 0.15) is 12.5 Å². The van der Waals surface area contributed by atoms with Crippen molar-refractivity contribution >= 4 is 23.1 Å². The van der Waals surface area contributed by atoms with Crippen LogP contribution in [0.15, 0.2) is 24.3 Å². The molecule has 0 atom stereocenters. The van der Waals surface area contributed by atoms with Crippen molar-refractivity contribution < 1.29 is 29.2 Å². The number of hydrogen-bond acceptors (Lipinski definition) is 0. The smallest absolute Gasteiger partial charge is 1.00 e. The van der Waals surface area contributed by atoms with E-state index >= 15 is 0 Å². The van der Waals surface area contributed by atoms with Crippen LogP contribution in [-0.4, -0.2) is 23.1 Å². The van der Waals surface area contributed by atoms with Gasteiger partial charge in [0.05, 0.1) is 0 Å². The normalized spacial score (nSPS) is 7.17. The van der Waals surface area contributed by atoms with Crippen molar-refractivity contribution in [2.24, 2.45) is 0 Å². The predicted octanol–water partition coefficient (Wildman–Crippen LogP) is -3.98. The van der Waals surface area contributed by atoms with Gasteiger partial charge in [0.15, 0.2) is 0 Å². The molecule has 4 heteroatoms. The van der Waals surface area contributed by atoms with Gasteiger partial charge in [0, 0.05) is 0 Å². The minimum atomic E-state index is -0.160. The largest absolute Gasteiger partial charge is 2.00 e. The molecule has 0 aliphatic carbocycles. The van der Waals surface area contributed by atoms with Gasteiger partial charge in [-0.25, -0.2) is 4.39 Å². The fourth-order valence-electron chi connectivity index (χ4n) is 0.720. The second-order valence-corrected chi connectivity index (χ2v) is 1.98. The topological polar surface area (TPSA) is 0 Å². The first-order valence-corrected chi connectivity index (χ1v) is 3.07. The molecule has 0 fully saturated rings. The van der Waals surface area contributed by atoms with E-state index in [0.29, 0.717) is 0 Å². The van der Waals surface area contributed by atoms with E-state index in [1.807, 2.05) is 6.92 Å². The van der Waals surface area contributed by atoms with E-state index in [4.69, 9.17) is 0 Å². The molecule has 0 N–H and O–H groups in total. The molecule has 12 heavy (non-hydrogen) atoms. The number of aryl methyl sites for hydroxylation is 1. The quantitative estimate of drug-likeness (QED) is 0.423. The number of benzene rings is 1. The van der Waals surface area contributed by atoms with E-state index in [9.17, 15) is 4.39 Å². The van der Waals surface area contributed by atoms with E-state index in [1.54, 1.807) is 12.1 Å². The Morgan fingerprint density at radius 1 is 1.08 bits per heavy atom. The Bertz CT molecular complexity index is 189. The van der Waals surface area contributed by atoms with Gasteiger partial charge in [-0.2, -0.15) is 0 Å². The Hall–Kier alpha value is 0.496. The van der Waals surface area contributed by atoms with Crippen LogP contribution >= 0.6 is 0 Å². The molecule has 0 bridgehead atoms. The van der Waals surface area contributed by atoms with Crippen LogP contribution < -0.4 is 24.8 Å². The van der Waals surface area contributed by atoms with Gasteiger partial charge in [-0.05, 0) is 24.1 Å². The van der Waals surface area contributed by atoms with Crippen LogP contribution in [0.3, 0.4) is 0 Å². The summed E-state index contributed by atoms with van der Waals surface area (Å²) in [5.74, 6) is -0.160. The number of hydrogen-bond donors (Lipinski definition) is 0. The maximum atomic E-state index is 12.2. The molecule has 0 radical (unpaired) electrons. The molecule has 0 aromatic heterocycles. The maximum absolute atomic E-state index is 12.2. The molecule has 0 spiro atoms. The molecule has 1 rings (SSSR count). The molecule has 1 aromatic rings. The van der Waals surface area contributed by atoms with E-state index in [0.717, 1.165) is 6.42 Å². The third-order valence-corrected chi connectivity index (χ3v) is 1.32. The average Bonchev–Trinajstić information content (AvgIpc) is 1.90. The zero-order valence-corrected chi connectivity index (χ0v) is 9.78. The summed E-state index contributed by atoms with van der Waals surface area (Å²) in [6, 6.07) is 6.57. The molecule has 1 aromatic carbocycles. The van der Waals surface area contributed by atoms with Gasteiger partial charge in [0.25, 0.3) is 0 Å².